The molecule has 0 radical (unpaired) electrons. The highest BCUT2D eigenvalue weighted by atomic mass is 35.5. The van der Waals surface area contributed by atoms with Crippen molar-refractivity contribution in [2.45, 2.75) is 57.0 Å². The Labute approximate surface area is 248 Å². The van der Waals surface area contributed by atoms with Gasteiger partial charge in [-0.3, -0.25) is 13.9 Å². The number of ether oxygens (including phenoxy) is 1. The zero-order valence-electron chi connectivity index (χ0n) is 24.1. The second kappa shape index (κ2) is 13.9. The van der Waals surface area contributed by atoms with Gasteiger partial charge in [-0.1, -0.05) is 67.1 Å². The Bertz CT molecular complexity index is 1430. The van der Waals surface area contributed by atoms with Gasteiger partial charge in [0.1, 0.15) is 18.3 Å². The number of halogens is 1. The van der Waals surface area contributed by atoms with E-state index in [4.69, 9.17) is 16.3 Å². The molecule has 8 nitrogen and oxygen atoms in total. The van der Waals surface area contributed by atoms with Crippen LogP contribution in [0.15, 0.2) is 83.8 Å². The molecule has 0 unspecified atom stereocenters. The summed E-state index contributed by atoms with van der Waals surface area (Å²) in [6.45, 7) is 7.13. The Morgan fingerprint density at radius 3 is 2.12 bits per heavy atom. The van der Waals surface area contributed by atoms with Gasteiger partial charge < -0.3 is 15.0 Å². The van der Waals surface area contributed by atoms with E-state index in [1.807, 2.05) is 58.0 Å². The summed E-state index contributed by atoms with van der Waals surface area (Å²) >= 11 is 6.37. The van der Waals surface area contributed by atoms with Crippen LogP contribution in [0.25, 0.3) is 0 Å². The molecule has 1 atom stereocenters. The van der Waals surface area contributed by atoms with Crippen molar-refractivity contribution in [3.8, 4) is 5.75 Å². The number of amides is 2. The number of methoxy groups -OCH3 is 1. The number of hydrogen-bond donors (Lipinski definition) is 1. The first-order valence-electron chi connectivity index (χ1n) is 13.4. The van der Waals surface area contributed by atoms with Gasteiger partial charge in [-0.2, -0.15) is 0 Å². The fraction of sp³-hybridized carbons (Fsp3) is 0.355. The maximum absolute atomic E-state index is 14.1. The Balaban J connectivity index is 2.04. The monoisotopic (exact) mass is 599 g/mol. The van der Waals surface area contributed by atoms with Crippen molar-refractivity contribution in [1.82, 2.24) is 10.2 Å². The van der Waals surface area contributed by atoms with E-state index in [9.17, 15) is 18.0 Å². The molecule has 3 aromatic carbocycles. The molecule has 41 heavy (non-hydrogen) atoms. The third-order valence-corrected chi connectivity index (χ3v) is 8.49. The van der Waals surface area contributed by atoms with Gasteiger partial charge in [-0.15, -0.1) is 0 Å². The molecule has 0 saturated heterocycles. The summed E-state index contributed by atoms with van der Waals surface area (Å²) in [5, 5.41) is 3.17. The first-order chi connectivity index (χ1) is 19.4. The van der Waals surface area contributed by atoms with Gasteiger partial charge >= 0.3 is 0 Å². The minimum absolute atomic E-state index is 0.0214. The van der Waals surface area contributed by atoms with Gasteiger partial charge in [0.2, 0.25) is 11.8 Å². The zero-order valence-corrected chi connectivity index (χ0v) is 25.7. The highest BCUT2D eigenvalue weighted by molar-refractivity contribution is 7.92. The Morgan fingerprint density at radius 2 is 1.59 bits per heavy atom. The minimum Gasteiger partial charge on any atom is -0.495 e. The summed E-state index contributed by atoms with van der Waals surface area (Å²) in [5.41, 5.74) is 0.677. The molecule has 0 heterocycles. The average Bonchev–Trinajstić information content (AvgIpc) is 2.93. The standard InChI is InChI=1S/C31H38ClN3O5S/c1-6-27(30(37)33-31(2,3)4)34(20-19-23-13-9-7-10-14-23)29(36)22-35(24-17-18-28(40-5)26(32)21-24)41(38,39)25-15-11-8-12-16-25/h7-18,21,27H,6,19-20,22H2,1-5H3,(H,33,37)/t27-/m1/s1. The molecule has 220 valence electrons. The van der Waals surface area contributed by atoms with Gasteiger partial charge in [0.15, 0.2) is 0 Å². The largest absolute Gasteiger partial charge is 0.495 e. The lowest BCUT2D eigenvalue weighted by molar-refractivity contribution is -0.140. The van der Waals surface area contributed by atoms with Crippen LogP contribution in [0.2, 0.25) is 5.02 Å². The number of carbonyl (C=O) groups excluding carboxylic acids is 2. The van der Waals surface area contributed by atoms with E-state index in [0.717, 1.165) is 9.87 Å². The summed E-state index contributed by atoms with van der Waals surface area (Å²) in [5.74, 6) is -0.442. The quantitative estimate of drug-likeness (QED) is 0.304. The van der Waals surface area contributed by atoms with E-state index < -0.39 is 34.1 Å². The number of nitrogens with zero attached hydrogens (tertiary/aromatic N) is 2. The van der Waals surface area contributed by atoms with Gasteiger partial charge in [0.25, 0.3) is 10.0 Å². The Kier molecular flexibility index (Phi) is 10.8. The first-order valence-corrected chi connectivity index (χ1v) is 15.3. The summed E-state index contributed by atoms with van der Waals surface area (Å²) in [6, 6.07) is 21.2. The van der Waals surface area contributed by atoms with E-state index in [-0.39, 0.29) is 28.1 Å². The van der Waals surface area contributed by atoms with Crippen molar-refractivity contribution >= 4 is 39.1 Å². The van der Waals surface area contributed by atoms with Crippen LogP contribution in [-0.2, 0) is 26.0 Å². The normalized spacial score (nSPS) is 12.3. The fourth-order valence-corrected chi connectivity index (χ4v) is 6.09. The third kappa shape index (κ3) is 8.47. The average molecular weight is 600 g/mol. The molecule has 0 aliphatic heterocycles. The highest BCUT2D eigenvalue weighted by Gasteiger charge is 2.34. The van der Waals surface area contributed by atoms with Gasteiger partial charge in [0, 0.05) is 12.1 Å². The molecule has 0 fully saturated rings. The minimum atomic E-state index is -4.18. The molecule has 0 aromatic heterocycles. The third-order valence-electron chi connectivity index (χ3n) is 6.40. The van der Waals surface area contributed by atoms with Crippen molar-refractivity contribution < 1.29 is 22.7 Å². The number of hydrogen-bond acceptors (Lipinski definition) is 5. The van der Waals surface area contributed by atoms with Crippen LogP contribution in [0.4, 0.5) is 5.69 Å². The lowest BCUT2D eigenvalue weighted by Gasteiger charge is -2.34. The van der Waals surface area contributed by atoms with Crippen LogP contribution in [0.3, 0.4) is 0 Å². The molecule has 0 bridgehead atoms. The molecule has 2 amide bonds. The molecular weight excluding hydrogens is 562 g/mol. The first kappa shape index (κ1) is 32.0. The van der Waals surface area contributed by atoms with E-state index >= 15 is 0 Å². The molecule has 0 spiro atoms. The molecule has 10 heteroatoms. The number of benzene rings is 3. The van der Waals surface area contributed by atoms with Crippen LogP contribution in [0.5, 0.6) is 5.75 Å². The Morgan fingerprint density at radius 1 is 0.976 bits per heavy atom. The molecular formula is C31H38ClN3O5S. The molecule has 0 aliphatic carbocycles. The molecule has 0 saturated carbocycles. The summed E-state index contributed by atoms with van der Waals surface area (Å²) < 4.78 is 34.1. The molecule has 3 aromatic rings. The van der Waals surface area contributed by atoms with Crippen molar-refractivity contribution in [1.29, 1.82) is 0 Å². The molecule has 0 aliphatic rings. The maximum atomic E-state index is 14.1. The highest BCUT2D eigenvalue weighted by Crippen LogP contribution is 2.32. The van der Waals surface area contributed by atoms with Gasteiger partial charge in [-0.05, 0) is 69.5 Å². The van der Waals surface area contributed by atoms with Crippen LogP contribution in [0, 0.1) is 0 Å². The fourth-order valence-electron chi connectivity index (χ4n) is 4.41. The van der Waals surface area contributed by atoms with Gasteiger partial charge in [-0.25, -0.2) is 8.42 Å². The smallest absolute Gasteiger partial charge is 0.264 e. The van der Waals surface area contributed by atoms with Crippen LogP contribution < -0.4 is 14.4 Å². The van der Waals surface area contributed by atoms with Crippen molar-refractivity contribution in [3.63, 3.8) is 0 Å². The maximum Gasteiger partial charge on any atom is 0.264 e. The van der Waals surface area contributed by atoms with E-state index in [1.54, 1.807) is 24.3 Å². The number of nitrogens with one attached hydrogen (secondary N) is 1. The van der Waals surface area contributed by atoms with Gasteiger partial charge in [0.05, 0.1) is 22.7 Å². The predicted octanol–water partition coefficient (Wildman–Crippen LogP) is 5.31. The molecule has 1 N–H and O–H groups in total. The summed E-state index contributed by atoms with van der Waals surface area (Å²) in [4.78, 5) is 29.0. The lowest BCUT2D eigenvalue weighted by Crippen LogP contribution is -2.56. The second-order valence-electron chi connectivity index (χ2n) is 10.6. The van der Waals surface area contributed by atoms with Crippen LogP contribution >= 0.6 is 11.6 Å². The zero-order chi connectivity index (χ0) is 30.2. The van der Waals surface area contributed by atoms with E-state index in [0.29, 0.717) is 18.6 Å². The number of sulfonamides is 1. The lowest BCUT2D eigenvalue weighted by atomic mass is 10.1. The van der Waals surface area contributed by atoms with Crippen LogP contribution in [0.1, 0.15) is 39.7 Å². The summed E-state index contributed by atoms with van der Waals surface area (Å²) in [6.07, 6.45) is 0.841. The van der Waals surface area contributed by atoms with Crippen LogP contribution in [-0.4, -0.2) is 56.9 Å². The SMILES string of the molecule is CC[C@H](C(=O)NC(C)(C)C)N(CCc1ccccc1)C(=O)CN(c1ccc(OC)c(Cl)c1)S(=O)(=O)c1ccccc1. The number of rotatable bonds is 12. The Hall–Kier alpha value is -3.56. The predicted molar refractivity (Wildman–Crippen MR) is 163 cm³/mol. The number of carbonyl (C=O) groups is 2. The summed E-state index contributed by atoms with van der Waals surface area (Å²) in [7, 11) is -2.72. The van der Waals surface area contributed by atoms with Crippen molar-refractivity contribution in [2.24, 2.45) is 0 Å². The molecule has 3 rings (SSSR count). The van der Waals surface area contributed by atoms with Crippen molar-refractivity contribution in [3.05, 3.63) is 89.4 Å². The second-order valence-corrected chi connectivity index (χ2v) is 12.9. The van der Waals surface area contributed by atoms with E-state index in [2.05, 4.69) is 5.32 Å². The van der Waals surface area contributed by atoms with Crippen molar-refractivity contribution in [2.75, 3.05) is 24.5 Å². The topological polar surface area (TPSA) is 96.0 Å². The van der Waals surface area contributed by atoms with E-state index in [1.165, 1.54) is 36.3 Å². The number of anilines is 1.